The minimum Gasteiger partial charge on any atom is -0.356 e. The van der Waals surface area contributed by atoms with Gasteiger partial charge in [-0.15, -0.1) is 0 Å². The minimum atomic E-state index is -4.39. The van der Waals surface area contributed by atoms with Crippen LogP contribution in [-0.4, -0.2) is 24.0 Å². The highest BCUT2D eigenvalue weighted by atomic mass is 19.4. The predicted octanol–water partition coefficient (Wildman–Crippen LogP) is 2.84. The highest BCUT2D eigenvalue weighted by Gasteiger charge is 2.31. The van der Waals surface area contributed by atoms with E-state index in [0.717, 1.165) is 17.8 Å². The lowest BCUT2D eigenvalue weighted by Crippen LogP contribution is -2.39. The van der Waals surface area contributed by atoms with Crippen LogP contribution >= 0.6 is 0 Å². The van der Waals surface area contributed by atoms with Crippen molar-refractivity contribution in [1.82, 2.24) is 10.3 Å². The van der Waals surface area contributed by atoms with Gasteiger partial charge in [0.25, 0.3) is 0 Å². The zero-order valence-electron chi connectivity index (χ0n) is 14.1. The van der Waals surface area contributed by atoms with Crippen molar-refractivity contribution in [2.24, 2.45) is 5.92 Å². The van der Waals surface area contributed by atoms with Crippen molar-refractivity contribution in [2.45, 2.75) is 19.5 Å². The number of carbonyl (C=O) groups excluding carboxylic acids is 1. The molecule has 138 valence electrons. The predicted molar refractivity (Wildman–Crippen MR) is 91.4 cm³/mol. The Bertz CT molecular complexity index is 859. The van der Waals surface area contributed by atoms with Crippen LogP contribution in [0.15, 0.2) is 41.2 Å². The molecule has 0 saturated carbocycles. The lowest BCUT2D eigenvalue weighted by atomic mass is 9.95. The third kappa shape index (κ3) is 3.89. The van der Waals surface area contributed by atoms with Crippen LogP contribution in [0.3, 0.4) is 0 Å². The van der Waals surface area contributed by atoms with E-state index < -0.39 is 11.7 Å². The molecule has 0 aliphatic carbocycles. The molecule has 1 aromatic heterocycles. The number of hydrogen-bond acceptors (Lipinski definition) is 3. The van der Waals surface area contributed by atoms with Gasteiger partial charge in [0.1, 0.15) is 0 Å². The molecule has 0 radical (unpaired) electrons. The molecule has 1 aliphatic heterocycles. The molecule has 1 aliphatic rings. The van der Waals surface area contributed by atoms with Gasteiger partial charge in [0.05, 0.1) is 11.3 Å². The monoisotopic (exact) mass is 365 g/mol. The molecular weight excluding hydrogens is 347 g/mol. The Morgan fingerprint density at radius 1 is 1.23 bits per heavy atom. The SMILES string of the molecule is CC(=O)NCC1Cc2[nH]c(=O)ccc2N(c2ccc(C(F)(F)F)cc2)C1. The summed E-state index contributed by atoms with van der Waals surface area (Å²) in [6.45, 7) is 2.36. The number of rotatable bonds is 3. The quantitative estimate of drug-likeness (QED) is 0.879. The number of fused-ring (bicyclic) bond motifs is 1. The number of nitrogens with zero attached hydrogens (tertiary/aromatic N) is 1. The molecule has 0 saturated heterocycles. The van der Waals surface area contributed by atoms with Gasteiger partial charge in [0.15, 0.2) is 0 Å². The highest BCUT2D eigenvalue weighted by Crippen LogP contribution is 2.36. The van der Waals surface area contributed by atoms with E-state index >= 15 is 0 Å². The van der Waals surface area contributed by atoms with Crippen molar-refractivity contribution in [3.8, 4) is 0 Å². The summed E-state index contributed by atoms with van der Waals surface area (Å²) in [4.78, 5) is 27.5. The number of nitrogens with one attached hydrogen (secondary N) is 2. The molecule has 1 atom stereocenters. The number of aromatic nitrogens is 1. The highest BCUT2D eigenvalue weighted by molar-refractivity contribution is 5.73. The molecule has 0 spiro atoms. The molecule has 8 heteroatoms. The maximum absolute atomic E-state index is 12.8. The molecular formula is C18H18F3N3O2. The first-order valence-electron chi connectivity index (χ1n) is 8.15. The number of hydrogen-bond donors (Lipinski definition) is 2. The zero-order valence-corrected chi connectivity index (χ0v) is 14.1. The number of benzene rings is 1. The van der Waals surface area contributed by atoms with E-state index in [-0.39, 0.29) is 17.4 Å². The standard InChI is InChI=1S/C18H18F3N3O2/c1-11(25)22-9-12-8-15-16(6-7-17(26)23-15)24(10-12)14-4-2-13(3-5-14)18(19,20)21/h2-7,12H,8-10H2,1H3,(H,22,25)(H,23,26). The van der Waals surface area contributed by atoms with Crippen LogP contribution in [0.5, 0.6) is 0 Å². The first-order chi connectivity index (χ1) is 12.2. The molecule has 2 aromatic rings. The van der Waals surface area contributed by atoms with Crippen molar-refractivity contribution in [1.29, 1.82) is 0 Å². The van der Waals surface area contributed by atoms with Crippen LogP contribution in [0.4, 0.5) is 24.5 Å². The van der Waals surface area contributed by atoms with Gasteiger partial charge in [0, 0.05) is 37.5 Å². The maximum atomic E-state index is 12.8. The van der Waals surface area contributed by atoms with E-state index in [2.05, 4.69) is 10.3 Å². The maximum Gasteiger partial charge on any atom is 0.416 e. The van der Waals surface area contributed by atoms with Crippen molar-refractivity contribution >= 4 is 17.3 Å². The van der Waals surface area contributed by atoms with Gasteiger partial charge >= 0.3 is 6.18 Å². The Labute approximate surface area is 147 Å². The number of aromatic amines is 1. The first-order valence-corrected chi connectivity index (χ1v) is 8.15. The summed E-state index contributed by atoms with van der Waals surface area (Å²) >= 11 is 0. The van der Waals surface area contributed by atoms with Gasteiger partial charge in [-0.25, -0.2) is 0 Å². The molecule has 1 unspecified atom stereocenters. The van der Waals surface area contributed by atoms with Gasteiger partial charge < -0.3 is 15.2 Å². The van der Waals surface area contributed by atoms with Crippen molar-refractivity contribution < 1.29 is 18.0 Å². The van der Waals surface area contributed by atoms with Crippen LogP contribution in [0.2, 0.25) is 0 Å². The summed E-state index contributed by atoms with van der Waals surface area (Å²) in [5, 5.41) is 2.76. The molecule has 2 N–H and O–H groups in total. The van der Waals surface area contributed by atoms with Gasteiger partial charge in [-0.3, -0.25) is 9.59 Å². The summed E-state index contributed by atoms with van der Waals surface area (Å²) < 4.78 is 38.4. The molecule has 26 heavy (non-hydrogen) atoms. The molecule has 0 bridgehead atoms. The van der Waals surface area contributed by atoms with Crippen LogP contribution in [0, 0.1) is 5.92 Å². The first kappa shape index (κ1) is 18.0. The summed E-state index contributed by atoms with van der Waals surface area (Å²) in [6, 6.07) is 7.97. The van der Waals surface area contributed by atoms with Crippen molar-refractivity contribution in [2.75, 3.05) is 18.0 Å². The number of pyridine rings is 1. The Morgan fingerprint density at radius 3 is 2.54 bits per heavy atom. The second-order valence-corrected chi connectivity index (χ2v) is 6.35. The van der Waals surface area contributed by atoms with Gasteiger partial charge in [-0.2, -0.15) is 13.2 Å². The fourth-order valence-corrected chi connectivity index (χ4v) is 3.13. The van der Waals surface area contributed by atoms with Crippen LogP contribution < -0.4 is 15.8 Å². The summed E-state index contributed by atoms with van der Waals surface area (Å²) in [5.74, 6) is -0.134. The molecule has 1 amide bonds. The Balaban J connectivity index is 1.94. The van der Waals surface area contributed by atoms with E-state index in [1.165, 1.54) is 25.1 Å². The lowest BCUT2D eigenvalue weighted by Gasteiger charge is -2.36. The number of H-pyrrole nitrogens is 1. The topological polar surface area (TPSA) is 65.2 Å². The molecule has 1 aromatic carbocycles. The molecule has 5 nitrogen and oxygen atoms in total. The summed E-state index contributed by atoms with van der Waals surface area (Å²) in [6.07, 6.45) is -3.82. The second kappa shape index (κ2) is 6.86. The number of amides is 1. The van der Waals surface area contributed by atoms with E-state index in [1.807, 2.05) is 4.90 Å². The van der Waals surface area contributed by atoms with E-state index in [1.54, 1.807) is 6.07 Å². The summed E-state index contributed by atoms with van der Waals surface area (Å²) in [7, 11) is 0. The average Bonchev–Trinajstić information content (AvgIpc) is 2.58. The third-order valence-electron chi connectivity index (χ3n) is 4.35. The Morgan fingerprint density at radius 2 is 1.92 bits per heavy atom. The number of alkyl halides is 3. The largest absolute Gasteiger partial charge is 0.416 e. The third-order valence-corrected chi connectivity index (χ3v) is 4.35. The van der Waals surface area contributed by atoms with Gasteiger partial charge in [0.2, 0.25) is 11.5 Å². The number of carbonyl (C=O) groups is 1. The van der Waals surface area contributed by atoms with Crippen molar-refractivity contribution in [3.63, 3.8) is 0 Å². The molecule has 3 rings (SSSR count). The smallest absolute Gasteiger partial charge is 0.356 e. The molecule has 0 fully saturated rings. The minimum absolute atomic E-state index is 0.0201. The fourth-order valence-electron chi connectivity index (χ4n) is 3.13. The lowest BCUT2D eigenvalue weighted by molar-refractivity contribution is -0.137. The Kier molecular flexibility index (Phi) is 4.76. The van der Waals surface area contributed by atoms with Crippen LogP contribution in [0.1, 0.15) is 18.2 Å². The van der Waals surface area contributed by atoms with E-state index in [0.29, 0.717) is 30.9 Å². The average molecular weight is 365 g/mol. The van der Waals surface area contributed by atoms with Crippen LogP contribution in [-0.2, 0) is 17.4 Å². The molecule has 2 heterocycles. The summed E-state index contributed by atoms with van der Waals surface area (Å²) in [5.41, 5.74) is 1.10. The number of anilines is 2. The van der Waals surface area contributed by atoms with Crippen molar-refractivity contribution in [3.05, 3.63) is 58.0 Å². The zero-order chi connectivity index (χ0) is 18.9. The Hall–Kier alpha value is -2.77. The van der Waals surface area contributed by atoms with E-state index in [9.17, 15) is 22.8 Å². The van der Waals surface area contributed by atoms with Gasteiger partial charge in [-0.05, 0) is 42.7 Å². The fraction of sp³-hybridized carbons (Fsp3) is 0.333. The normalized spacial score (nSPS) is 16.9. The van der Waals surface area contributed by atoms with E-state index in [4.69, 9.17) is 0 Å². The van der Waals surface area contributed by atoms with Crippen LogP contribution in [0.25, 0.3) is 0 Å². The number of halogens is 3. The second-order valence-electron chi connectivity index (χ2n) is 6.35. The van der Waals surface area contributed by atoms with Gasteiger partial charge in [-0.1, -0.05) is 0 Å².